The number of hydrogen-bond donors (Lipinski definition) is 0. The number of unbranched alkanes of at least 4 members (excludes halogenated alkanes) is 27. The summed E-state index contributed by atoms with van der Waals surface area (Å²) in [5, 5.41) is 0. The minimum Gasteiger partial charge on any atom is -0.465 e. The first-order valence-electron chi connectivity index (χ1n) is 27.7. The molecule has 0 bridgehead atoms. The standard InChI is InChI=1S/C60H110NO2/c1-7-10-13-16-19-22-25-28-31-34-37-40-43-46-49-52-55-60(58-61(4,5)6,56-53-50-47-44-41-38-35-32-29-26-23-20-17-14-11-8-2)59(62)63-57-54-51-48-45-42-39-36-33-30-27-24-21-18-15-12-9-3/h19-24,28-33H,7-18,25-27,34-58H2,1-6H3/q+1/b22-19-,23-20?,24-21-,31-28-,32-29?,33-30-. The van der Waals surface area contributed by atoms with Gasteiger partial charge in [0.1, 0.15) is 5.41 Å². The van der Waals surface area contributed by atoms with E-state index in [1.54, 1.807) is 0 Å². The molecule has 3 heteroatoms. The molecule has 0 aliphatic rings. The molecule has 0 fully saturated rings. The normalized spacial score (nSPS) is 13.7. The average Bonchev–Trinajstić information content (AvgIpc) is 3.26. The molecule has 0 rings (SSSR count). The maximum atomic E-state index is 14.2. The summed E-state index contributed by atoms with van der Waals surface area (Å²) in [5.74, 6) is 0.100. The highest BCUT2D eigenvalue weighted by Gasteiger charge is 2.43. The Bertz CT molecular complexity index is 1090. The molecule has 1 unspecified atom stereocenters. The van der Waals surface area contributed by atoms with Crippen molar-refractivity contribution < 1.29 is 14.0 Å². The predicted molar refractivity (Wildman–Crippen MR) is 284 cm³/mol. The van der Waals surface area contributed by atoms with Crippen molar-refractivity contribution in [1.29, 1.82) is 0 Å². The number of hydrogen-bond acceptors (Lipinski definition) is 2. The second-order valence-corrected chi connectivity index (χ2v) is 20.1. The van der Waals surface area contributed by atoms with Gasteiger partial charge < -0.3 is 9.22 Å². The van der Waals surface area contributed by atoms with Crippen LogP contribution in [0.3, 0.4) is 0 Å². The Morgan fingerprint density at radius 1 is 0.365 bits per heavy atom. The third-order valence-corrected chi connectivity index (χ3v) is 12.5. The Morgan fingerprint density at radius 2 is 0.635 bits per heavy atom. The van der Waals surface area contributed by atoms with Crippen molar-refractivity contribution in [2.75, 3.05) is 34.3 Å². The van der Waals surface area contributed by atoms with Gasteiger partial charge >= 0.3 is 5.97 Å². The van der Waals surface area contributed by atoms with E-state index in [1.165, 1.54) is 186 Å². The van der Waals surface area contributed by atoms with E-state index in [4.69, 9.17) is 4.74 Å². The van der Waals surface area contributed by atoms with E-state index >= 15 is 0 Å². The van der Waals surface area contributed by atoms with E-state index in [0.717, 1.165) is 68.8 Å². The average molecular weight is 878 g/mol. The summed E-state index contributed by atoms with van der Waals surface area (Å²) >= 11 is 0. The van der Waals surface area contributed by atoms with E-state index in [2.05, 4.69) is 115 Å². The molecule has 0 aromatic rings. The third kappa shape index (κ3) is 44.8. The summed E-state index contributed by atoms with van der Waals surface area (Å²) in [7, 11) is 6.80. The zero-order valence-corrected chi connectivity index (χ0v) is 43.5. The maximum absolute atomic E-state index is 14.2. The third-order valence-electron chi connectivity index (χ3n) is 12.5. The SMILES string of the molecule is CCCCCC=CCC=CCCCCCCCCC(CCCCCCCC/C=C\C/C=C\CCCCC)(C[N+](C)(C)C)C(=O)OCCCCCCCC/C=C\C/C=C\CCCCC. The number of quaternary nitrogens is 1. The largest absolute Gasteiger partial charge is 0.465 e. The Morgan fingerprint density at radius 3 is 0.937 bits per heavy atom. The molecule has 0 saturated carbocycles. The van der Waals surface area contributed by atoms with Crippen molar-refractivity contribution in [3.8, 4) is 0 Å². The molecule has 0 radical (unpaired) electrons. The van der Waals surface area contributed by atoms with Gasteiger partial charge in [0.05, 0.1) is 34.3 Å². The number of ether oxygens (including phenoxy) is 1. The lowest BCUT2D eigenvalue weighted by Crippen LogP contribution is -2.49. The number of allylic oxidation sites excluding steroid dienone is 12. The molecular weight excluding hydrogens is 767 g/mol. The Balaban J connectivity index is 4.83. The van der Waals surface area contributed by atoms with Gasteiger partial charge in [-0.1, -0.05) is 222 Å². The van der Waals surface area contributed by atoms with Crippen LogP contribution in [0.5, 0.6) is 0 Å². The first kappa shape index (κ1) is 60.9. The van der Waals surface area contributed by atoms with Crippen LogP contribution in [-0.4, -0.2) is 44.7 Å². The number of esters is 1. The molecule has 3 nitrogen and oxygen atoms in total. The quantitative estimate of drug-likeness (QED) is 0.0263. The van der Waals surface area contributed by atoms with E-state index in [0.29, 0.717) is 6.61 Å². The fourth-order valence-electron chi connectivity index (χ4n) is 8.77. The number of carbonyl (C=O) groups excluding carboxylic acids is 1. The fraction of sp³-hybridized carbons (Fsp3) is 0.783. The first-order valence-corrected chi connectivity index (χ1v) is 27.7. The summed E-state index contributed by atoms with van der Waals surface area (Å²) in [4.78, 5) is 14.2. The van der Waals surface area contributed by atoms with E-state index in [-0.39, 0.29) is 11.4 Å². The van der Waals surface area contributed by atoms with Crippen molar-refractivity contribution >= 4 is 5.97 Å². The highest BCUT2D eigenvalue weighted by atomic mass is 16.5. The van der Waals surface area contributed by atoms with Crippen molar-refractivity contribution in [3.63, 3.8) is 0 Å². The van der Waals surface area contributed by atoms with Crippen LogP contribution in [0.15, 0.2) is 72.9 Å². The smallest absolute Gasteiger partial charge is 0.317 e. The predicted octanol–water partition coefficient (Wildman–Crippen LogP) is 19.4. The number of nitrogens with zero attached hydrogens (tertiary/aromatic N) is 1. The first-order chi connectivity index (χ1) is 30.8. The molecule has 0 aromatic carbocycles. The molecule has 0 N–H and O–H groups in total. The van der Waals surface area contributed by atoms with Crippen LogP contribution in [0, 0.1) is 5.41 Å². The van der Waals surface area contributed by atoms with E-state index in [9.17, 15) is 4.79 Å². The lowest BCUT2D eigenvalue weighted by Gasteiger charge is -2.38. The van der Waals surface area contributed by atoms with Gasteiger partial charge in [0.2, 0.25) is 0 Å². The molecule has 0 aliphatic carbocycles. The van der Waals surface area contributed by atoms with Crippen LogP contribution < -0.4 is 0 Å². The van der Waals surface area contributed by atoms with Crippen LogP contribution in [0.4, 0.5) is 0 Å². The van der Waals surface area contributed by atoms with Gasteiger partial charge in [-0.25, -0.2) is 0 Å². The summed E-state index contributed by atoms with van der Waals surface area (Å²) in [6, 6.07) is 0. The molecule has 0 aromatic heterocycles. The second-order valence-electron chi connectivity index (χ2n) is 20.1. The van der Waals surface area contributed by atoms with Crippen LogP contribution in [-0.2, 0) is 9.53 Å². The summed E-state index contributed by atoms with van der Waals surface area (Å²) in [5.41, 5.74) is -0.374. The van der Waals surface area contributed by atoms with Crippen molar-refractivity contribution in [2.45, 2.75) is 265 Å². The zero-order valence-electron chi connectivity index (χ0n) is 43.5. The van der Waals surface area contributed by atoms with Crippen LogP contribution >= 0.6 is 0 Å². The monoisotopic (exact) mass is 877 g/mol. The molecule has 366 valence electrons. The van der Waals surface area contributed by atoms with Gasteiger partial charge in [-0.3, -0.25) is 4.79 Å². The molecule has 0 amide bonds. The number of rotatable bonds is 48. The molecule has 0 heterocycles. The molecule has 0 saturated heterocycles. The summed E-state index contributed by atoms with van der Waals surface area (Å²) in [6.45, 7) is 8.26. The molecule has 63 heavy (non-hydrogen) atoms. The number of carbonyl (C=O) groups is 1. The summed E-state index contributed by atoms with van der Waals surface area (Å²) < 4.78 is 7.06. The fourth-order valence-corrected chi connectivity index (χ4v) is 8.77. The van der Waals surface area contributed by atoms with Gasteiger partial charge in [0.25, 0.3) is 0 Å². The van der Waals surface area contributed by atoms with Gasteiger partial charge in [-0.05, 0) is 116 Å². The van der Waals surface area contributed by atoms with Gasteiger partial charge in [-0.15, -0.1) is 0 Å². The van der Waals surface area contributed by atoms with Gasteiger partial charge in [0, 0.05) is 0 Å². The molecule has 0 spiro atoms. The Kier molecular flexibility index (Phi) is 46.2. The van der Waals surface area contributed by atoms with Gasteiger partial charge in [-0.2, -0.15) is 0 Å². The topological polar surface area (TPSA) is 26.3 Å². The maximum Gasteiger partial charge on any atom is 0.317 e. The van der Waals surface area contributed by atoms with Gasteiger partial charge in [0.15, 0.2) is 0 Å². The highest BCUT2D eigenvalue weighted by molar-refractivity contribution is 5.77. The minimum absolute atomic E-state index is 0.100. The van der Waals surface area contributed by atoms with Crippen LogP contribution in [0.1, 0.15) is 265 Å². The molecular formula is C60H110NO2+. The Hall–Kier alpha value is -2.13. The lowest BCUT2D eigenvalue weighted by molar-refractivity contribution is -0.876. The van der Waals surface area contributed by atoms with E-state index < -0.39 is 0 Å². The molecule has 0 aliphatic heterocycles. The van der Waals surface area contributed by atoms with Crippen LogP contribution in [0.2, 0.25) is 0 Å². The van der Waals surface area contributed by atoms with Crippen molar-refractivity contribution in [2.24, 2.45) is 5.41 Å². The van der Waals surface area contributed by atoms with Crippen LogP contribution in [0.25, 0.3) is 0 Å². The minimum atomic E-state index is -0.374. The zero-order chi connectivity index (χ0) is 46.1. The second kappa shape index (κ2) is 47.8. The summed E-state index contributed by atoms with van der Waals surface area (Å²) in [6.07, 6.45) is 74.9. The van der Waals surface area contributed by atoms with E-state index in [1.807, 2.05) is 0 Å². The van der Waals surface area contributed by atoms with Crippen molar-refractivity contribution in [1.82, 2.24) is 0 Å². The lowest BCUT2D eigenvalue weighted by atomic mass is 9.76. The molecule has 1 atom stereocenters. The Labute approximate surface area is 395 Å². The highest BCUT2D eigenvalue weighted by Crippen LogP contribution is 2.36. The van der Waals surface area contributed by atoms with Crippen molar-refractivity contribution in [3.05, 3.63) is 72.9 Å².